The molecule has 1 atom stereocenters. The second kappa shape index (κ2) is 6.61. The molecule has 0 spiro atoms. The Kier molecular flexibility index (Phi) is 4.73. The van der Waals surface area contributed by atoms with Gasteiger partial charge in [0.15, 0.2) is 11.9 Å². The van der Waals surface area contributed by atoms with Crippen LogP contribution in [0.5, 0.6) is 5.75 Å². The summed E-state index contributed by atoms with van der Waals surface area (Å²) in [5, 5.41) is 9.52. The van der Waals surface area contributed by atoms with Crippen molar-refractivity contribution in [3.05, 3.63) is 52.8 Å². The van der Waals surface area contributed by atoms with E-state index in [-0.39, 0.29) is 16.5 Å². The summed E-state index contributed by atoms with van der Waals surface area (Å²) in [4.78, 5) is 16.5. The first-order valence-electron chi connectivity index (χ1n) is 7.38. The quantitative estimate of drug-likeness (QED) is 0.619. The van der Waals surface area contributed by atoms with E-state index in [0.29, 0.717) is 4.90 Å². The van der Waals surface area contributed by atoms with Crippen LogP contribution in [-0.2, 0) is 11.3 Å². The van der Waals surface area contributed by atoms with Gasteiger partial charge in [0.25, 0.3) is 0 Å². The summed E-state index contributed by atoms with van der Waals surface area (Å²) in [5.41, 5.74) is -1.16. The number of aromatic nitrogens is 1. The summed E-state index contributed by atoms with van der Waals surface area (Å²) in [5.74, 6) is -2.72. The Morgan fingerprint density at radius 2 is 1.89 bits per heavy atom. The van der Waals surface area contributed by atoms with E-state index < -0.39 is 42.2 Å². The Labute approximate surface area is 153 Å². The van der Waals surface area contributed by atoms with Crippen LogP contribution < -0.4 is 9.64 Å². The average molecular weight is 409 g/mol. The molecular formula is C16H10ClF5N2O3. The van der Waals surface area contributed by atoms with Crippen molar-refractivity contribution in [2.24, 2.45) is 0 Å². The number of aliphatic hydroxyl groups excluding tert-OH is 1. The maximum absolute atomic E-state index is 14.0. The van der Waals surface area contributed by atoms with Gasteiger partial charge in [0.1, 0.15) is 5.15 Å². The zero-order chi connectivity index (χ0) is 20.0. The molecule has 0 saturated carbocycles. The number of para-hydroxylation sites is 1. The molecule has 0 fully saturated rings. The van der Waals surface area contributed by atoms with Crippen LogP contribution in [0.1, 0.15) is 17.4 Å². The Hall–Kier alpha value is -2.46. The first kappa shape index (κ1) is 19.3. The zero-order valence-corrected chi connectivity index (χ0v) is 13.9. The molecule has 1 aromatic carbocycles. The second-order valence-electron chi connectivity index (χ2n) is 5.60. The van der Waals surface area contributed by atoms with E-state index in [9.17, 15) is 31.9 Å². The van der Waals surface area contributed by atoms with Crippen molar-refractivity contribution in [1.82, 2.24) is 4.98 Å². The number of amides is 1. The van der Waals surface area contributed by atoms with Gasteiger partial charge in [-0.05, 0) is 18.2 Å². The van der Waals surface area contributed by atoms with Crippen molar-refractivity contribution in [2.75, 3.05) is 4.90 Å². The van der Waals surface area contributed by atoms with E-state index >= 15 is 0 Å². The molecule has 144 valence electrons. The van der Waals surface area contributed by atoms with Gasteiger partial charge in [-0.2, -0.15) is 22.0 Å². The van der Waals surface area contributed by atoms with Crippen LogP contribution in [0.4, 0.5) is 27.6 Å². The molecule has 0 saturated heterocycles. The smallest absolute Gasteiger partial charge is 0.423 e. The van der Waals surface area contributed by atoms with Gasteiger partial charge < -0.3 is 9.84 Å². The monoisotopic (exact) mass is 408 g/mol. The van der Waals surface area contributed by atoms with Crippen LogP contribution in [0.2, 0.25) is 5.15 Å². The molecule has 11 heteroatoms. The van der Waals surface area contributed by atoms with Crippen LogP contribution in [0.3, 0.4) is 0 Å². The van der Waals surface area contributed by atoms with Crippen molar-refractivity contribution in [1.29, 1.82) is 0 Å². The number of fused-ring (bicyclic) bond motifs is 1. The molecule has 1 aromatic heterocycles. The highest BCUT2D eigenvalue weighted by molar-refractivity contribution is 6.29. The minimum Gasteiger partial charge on any atom is -0.423 e. The number of pyridine rings is 1. The third-order valence-electron chi connectivity index (χ3n) is 3.74. The van der Waals surface area contributed by atoms with Gasteiger partial charge in [-0.1, -0.05) is 29.8 Å². The Morgan fingerprint density at radius 3 is 2.52 bits per heavy atom. The first-order chi connectivity index (χ1) is 12.5. The van der Waals surface area contributed by atoms with Gasteiger partial charge in [-0.25, -0.2) is 4.98 Å². The molecule has 3 rings (SSSR count). The number of rotatable bonds is 3. The molecule has 2 aromatic rings. The fourth-order valence-corrected chi connectivity index (χ4v) is 2.73. The van der Waals surface area contributed by atoms with Crippen molar-refractivity contribution < 1.29 is 36.6 Å². The number of nitrogens with zero attached hydrogens (tertiary/aromatic N) is 2. The maximum atomic E-state index is 14.0. The van der Waals surface area contributed by atoms with Crippen LogP contribution in [0.25, 0.3) is 0 Å². The lowest BCUT2D eigenvalue weighted by molar-refractivity contribution is -0.211. The summed E-state index contributed by atoms with van der Waals surface area (Å²) >= 11 is 5.73. The summed E-state index contributed by atoms with van der Waals surface area (Å²) in [6.07, 6.45) is -12.6. The third kappa shape index (κ3) is 3.67. The number of aliphatic hydroxyl groups is 1. The van der Waals surface area contributed by atoms with Crippen LogP contribution in [0, 0.1) is 0 Å². The van der Waals surface area contributed by atoms with Gasteiger partial charge >= 0.3 is 18.2 Å². The summed E-state index contributed by atoms with van der Waals surface area (Å²) in [6.45, 7) is -0.489. The standard InChI is InChI=1S/C16H10ClF5N2O3/c17-11-6-1-3-8(23-11)7-24-10-5-2-4-9(13(25)15(18,19)20)12(10)27-16(21,22)14(24)26/h1-6,13,25H,7H2. The second-order valence-corrected chi connectivity index (χ2v) is 5.99. The van der Waals surface area contributed by atoms with Gasteiger partial charge in [0.05, 0.1) is 17.9 Å². The Bertz CT molecular complexity index is 891. The first-order valence-corrected chi connectivity index (χ1v) is 7.76. The minimum atomic E-state index is -5.12. The highest BCUT2D eigenvalue weighted by atomic mass is 35.5. The number of anilines is 1. The van der Waals surface area contributed by atoms with Crippen LogP contribution in [0.15, 0.2) is 36.4 Å². The number of carbonyl (C=O) groups is 1. The van der Waals surface area contributed by atoms with Crippen molar-refractivity contribution in [3.63, 3.8) is 0 Å². The molecule has 1 N–H and O–H groups in total. The molecule has 5 nitrogen and oxygen atoms in total. The molecular weight excluding hydrogens is 399 g/mol. The number of hydrogen-bond donors (Lipinski definition) is 1. The largest absolute Gasteiger partial charge is 0.483 e. The molecule has 0 aliphatic carbocycles. The van der Waals surface area contributed by atoms with Crippen molar-refractivity contribution >= 4 is 23.2 Å². The summed E-state index contributed by atoms with van der Waals surface area (Å²) in [6, 6.07) is 7.30. The lowest BCUT2D eigenvalue weighted by Crippen LogP contribution is -2.50. The van der Waals surface area contributed by atoms with E-state index in [4.69, 9.17) is 11.6 Å². The fourth-order valence-electron chi connectivity index (χ4n) is 2.55. The van der Waals surface area contributed by atoms with E-state index in [1.165, 1.54) is 18.2 Å². The van der Waals surface area contributed by atoms with Crippen LogP contribution >= 0.6 is 11.6 Å². The number of alkyl halides is 5. The van der Waals surface area contributed by atoms with Gasteiger partial charge in [0.2, 0.25) is 0 Å². The van der Waals surface area contributed by atoms with E-state index in [1.54, 1.807) is 0 Å². The normalized spacial score (nSPS) is 17.3. The summed E-state index contributed by atoms with van der Waals surface area (Å²) in [7, 11) is 0. The number of ether oxygens (including phenoxy) is 1. The maximum Gasteiger partial charge on any atom is 0.483 e. The molecule has 1 unspecified atom stereocenters. The molecule has 1 amide bonds. The molecule has 1 aliphatic heterocycles. The molecule has 1 aliphatic rings. The van der Waals surface area contributed by atoms with E-state index in [2.05, 4.69) is 9.72 Å². The van der Waals surface area contributed by atoms with Crippen molar-refractivity contribution in [3.8, 4) is 5.75 Å². The van der Waals surface area contributed by atoms with E-state index in [0.717, 1.165) is 18.2 Å². The number of benzene rings is 1. The van der Waals surface area contributed by atoms with Gasteiger partial charge in [0, 0.05) is 5.56 Å². The van der Waals surface area contributed by atoms with Gasteiger partial charge in [-0.3, -0.25) is 9.69 Å². The van der Waals surface area contributed by atoms with Gasteiger partial charge in [-0.15, -0.1) is 0 Å². The number of carbonyl (C=O) groups excluding carboxylic acids is 1. The molecule has 27 heavy (non-hydrogen) atoms. The predicted molar refractivity (Wildman–Crippen MR) is 83.5 cm³/mol. The topological polar surface area (TPSA) is 62.7 Å². The zero-order valence-electron chi connectivity index (χ0n) is 13.2. The molecule has 2 heterocycles. The lowest BCUT2D eigenvalue weighted by Gasteiger charge is -2.35. The van der Waals surface area contributed by atoms with Crippen molar-refractivity contribution in [2.45, 2.75) is 24.9 Å². The Balaban J connectivity index is 2.10. The SMILES string of the molecule is O=C1N(Cc2cccc(Cl)n2)c2cccc(C(O)C(F)(F)F)c2OC1(F)F. The highest BCUT2D eigenvalue weighted by Crippen LogP contribution is 2.47. The molecule has 0 radical (unpaired) electrons. The summed E-state index contributed by atoms with van der Waals surface area (Å²) < 4.78 is 70.9. The lowest BCUT2D eigenvalue weighted by atomic mass is 10.0. The van der Waals surface area contributed by atoms with E-state index in [1.807, 2.05) is 0 Å². The molecule has 0 bridgehead atoms. The third-order valence-corrected chi connectivity index (χ3v) is 3.95. The average Bonchev–Trinajstić information content (AvgIpc) is 2.57. The number of hydrogen-bond acceptors (Lipinski definition) is 4. The number of halogens is 6. The highest BCUT2D eigenvalue weighted by Gasteiger charge is 2.53. The minimum absolute atomic E-state index is 0.0430. The fraction of sp³-hybridized carbons (Fsp3) is 0.250. The predicted octanol–water partition coefficient (Wildman–Crippen LogP) is 3.85. The van der Waals surface area contributed by atoms with Crippen LogP contribution in [-0.4, -0.2) is 28.3 Å². The Morgan fingerprint density at radius 1 is 1.22 bits per heavy atom.